The van der Waals surface area contributed by atoms with Gasteiger partial charge in [0, 0.05) is 32.2 Å². The summed E-state index contributed by atoms with van der Waals surface area (Å²) < 4.78 is 1.80. The Morgan fingerprint density at radius 3 is 2.67 bits per heavy atom. The van der Waals surface area contributed by atoms with Crippen molar-refractivity contribution >= 4 is 5.91 Å². The maximum atomic E-state index is 12.9. The van der Waals surface area contributed by atoms with Crippen LogP contribution in [-0.4, -0.2) is 30.6 Å². The zero-order valence-corrected chi connectivity index (χ0v) is 13.8. The van der Waals surface area contributed by atoms with E-state index < -0.39 is 0 Å². The van der Waals surface area contributed by atoms with E-state index in [0.29, 0.717) is 18.8 Å². The molecule has 24 heavy (non-hydrogen) atoms. The zero-order valence-electron chi connectivity index (χ0n) is 13.8. The summed E-state index contributed by atoms with van der Waals surface area (Å²) in [4.78, 5) is 23.0. The highest BCUT2D eigenvalue weighted by atomic mass is 16.2. The van der Waals surface area contributed by atoms with Crippen LogP contribution in [0.3, 0.4) is 0 Å². The molecule has 3 rings (SSSR count). The highest BCUT2D eigenvalue weighted by Crippen LogP contribution is 2.13. The highest BCUT2D eigenvalue weighted by molar-refractivity contribution is 5.92. The van der Waals surface area contributed by atoms with Crippen molar-refractivity contribution < 1.29 is 4.79 Å². The third-order valence-electron chi connectivity index (χ3n) is 3.72. The summed E-state index contributed by atoms with van der Waals surface area (Å²) in [6.45, 7) is 2.87. The summed E-state index contributed by atoms with van der Waals surface area (Å²) in [7, 11) is 1.88. The van der Waals surface area contributed by atoms with Crippen LogP contribution in [0, 0.1) is 6.92 Å². The molecule has 3 aromatic heterocycles. The van der Waals surface area contributed by atoms with Gasteiger partial charge in [-0.3, -0.25) is 19.4 Å². The Morgan fingerprint density at radius 1 is 1.17 bits per heavy atom. The number of pyridine rings is 2. The first-order valence-corrected chi connectivity index (χ1v) is 7.72. The van der Waals surface area contributed by atoms with Crippen LogP contribution in [0.25, 0.3) is 0 Å². The number of hydrogen-bond acceptors (Lipinski definition) is 4. The first kappa shape index (κ1) is 15.9. The number of carbonyl (C=O) groups excluding carboxylic acids is 1. The minimum atomic E-state index is -0.113. The largest absolute Gasteiger partial charge is 0.327 e. The van der Waals surface area contributed by atoms with Gasteiger partial charge in [-0.25, -0.2) is 0 Å². The lowest BCUT2D eigenvalue weighted by molar-refractivity contribution is 0.0720. The Balaban J connectivity index is 1.88. The molecule has 0 saturated carbocycles. The topological polar surface area (TPSA) is 63.9 Å². The Bertz CT molecular complexity index is 814. The van der Waals surface area contributed by atoms with Gasteiger partial charge in [0.1, 0.15) is 5.69 Å². The van der Waals surface area contributed by atoms with Crippen LogP contribution in [0.4, 0.5) is 0 Å². The highest BCUT2D eigenvalue weighted by Gasteiger charge is 2.19. The Morgan fingerprint density at radius 2 is 2.04 bits per heavy atom. The lowest BCUT2D eigenvalue weighted by Gasteiger charge is -2.22. The average Bonchev–Trinajstić information content (AvgIpc) is 2.92. The van der Waals surface area contributed by atoms with Gasteiger partial charge in [0.05, 0.1) is 17.9 Å². The predicted octanol–water partition coefficient (Wildman–Crippen LogP) is 2.36. The maximum absolute atomic E-state index is 12.9. The van der Waals surface area contributed by atoms with E-state index in [1.165, 1.54) is 0 Å². The number of amides is 1. The molecule has 1 amide bonds. The monoisotopic (exact) mass is 321 g/mol. The second-order valence-electron chi connectivity index (χ2n) is 5.64. The van der Waals surface area contributed by atoms with Crippen LogP contribution in [0.2, 0.25) is 0 Å². The molecule has 0 bridgehead atoms. The van der Waals surface area contributed by atoms with Gasteiger partial charge in [0.15, 0.2) is 0 Å². The SMILES string of the molecule is Cc1cc(CN(Cc2cccnc2)C(=O)c2ccccn2)n(C)n1. The summed E-state index contributed by atoms with van der Waals surface area (Å²) in [6, 6.07) is 11.2. The van der Waals surface area contributed by atoms with E-state index in [9.17, 15) is 4.79 Å². The molecule has 3 heterocycles. The lowest BCUT2D eigenvalue weighted by Crippen LogP contribution is -2.31. The molecule has 0 aliphatic carbocycles. The molecule has 0 atom stereocenters. The quantitative estimate of drug-likeness (QED) is 0.724. The Hall–Kier alpha value is -3.02. The normalized spacial score (nSPS) is 10.6. The van der Waals surface area contributed by atoms with Crippen LogP contribution >= 0.6 is 0 Å². The van der Waals surface area contributed by atoms with Crippen molar-refractivity contribution in [3.8, 4) is 0 Å². The van der Waals surface area contributed by atoms with Gasteiger partial charge in [-0.05, 0) is 36.8 Å². The fourth-order valence-electron chi connectivity index (χ4n) is 2.57. The van der Waals surface area contributed by atoms with Crippen molar-refractivity contribution in [2.75, 3.05) is 0 Å². The average molecular weight is 321 g/mol. The number of nitrogens with zero attached hydrogens (tertiary/aromatic N) is 5. The molecule has 3 aromatic rings. The molecular weight excluding hydrogens is 302 g/mol. The molecule has 0 N–H and O–H groups in total. The molecular formula is C18H19N5O. The van der Waals surface area contributed by atoms with Gasteiger partial charge in [-0.1, -0.05) is 12.1 Å². The number of hydrogen-bond donors (Lipinski definition) is 0. The van der Waals surface area contributed by atoms with E-state index in [-0.39, 0.29) is 5.91 Å². The van der Waals surface area contributed by atoms with Crippen LogP contribution in [0.1, 0.15) is 27.4 Å². The molecule has 6 nitrogen and oxygen atoms in total. The molecule has 0 fully saturated rings. The van der Waals surface area contributed by atoms with E-state index in [4.69, 9.17) is 0 Å². The number of carbonyl (C=O) groups is 1. The van der Waals surface area contributed by atoms with Gasteiger partial charge in [-0.2, -0.15) is 5.10 Å². The first-order valence-electron chi connectivity index (χ1n) is 7.72. The minimum absolute atomic E-state index is 0.113. The first-order chi connectivity index (χ1) is 11.6. The third-order valence-corrected chi connectivity index (χ3v) is 3.72. The minimum Gasteiger partial charge on any atom is -0.327 e. The molecule has 0 radical (unpaired) electrons. The van der Waals surface area contributed by atoms with Gasteiger partial charge < -0.3 is 4.90 Å². The molecule has 0 aliphatic rings. The fourth-order valence-corrected chi connectivity index (χ4v) is 2.57. The molecule has 0 saturated heterocycles. The molecule has 6 heteroatoms. The summed E-state index contributed by atoms with van der Waals surface area (Å²) in [6.07, 6.45) is 5.12. The van der Waals surface area contributed by atoms with E-state index in [2.05, 4.69) is 15.1 Å². The Kier molecular flexibility index (Phi) is 4.65. The molecule has 122 valence electrons. The van der Waals surface area contributed by atoms with Gasteiger partial charge in [0.2, 0.25) is 0 Å². The summed E-state index contributed by atoms with van der Waals surface area (Å²) in [5.41, 5.74) is 3.31. The van der Waals surface area contributed by atoms with Crippen LogP contribution in [-0.2, 0) is 20.1 Å². The van der Waals surface area contributed by atoms with E-state index in [1.54, 1.807) is 40.3 Å². The smallest absolute Gasteiger partial charge is 0.273 e. The predicted molar refractivity (Wildman–Crippen MR) is 90.0 cm³/mol. The second kappa shape index (κ2) is 7.04. The van der Waals surface area contributed by atoms with Crippen molar-refractivity contribution in [3.63, 3.8) is 0 Å². The zero-order chi connectivity index (χ0) is 16.9. The van der Waals surface area contributed by atoms with Crippen LogP contribution in [0.5, 0.6) is 0 Å². The number of aromatic nitrogens is 4. The van der Waals surface area contributed by atoms with Crippen molar-refractivity contribution in [1.29, 1.82) is 0 Å². The lowest BCUT2D eigenvalue weighted by atomic mass is 10.2. The Labute approximate surface area is 140 Å². The van der Waals surface area contributed by atoms with Crippen molar-refractivity contribution in [2.45, 2.75) is 20.0 Å². The van der Waals surface area contributed by atoms with Gasteiger partial charge in [0.25, 0.3) is 5.91 Å². The standard InChI is InChI=1S/C18H19N5O/c1-14-10-16(22(2)21-14)13-23(12-15-6-5-8-19-11-15)18(24)17-7-3-4-9-20-17/h3-11H,12-13H2,1-2H3. The third kappa shape index (κ3) is 3.65. The summed E-state index contributed by atoms with van der Waals surface area (Å²) in [5, 5.41) is 4.35. The molecule has 0 spiro atoms. The van der Waals surface area contributed by atoms with E-state index >= 15 is 0 Å². The van der Waals surface area contributed by atoms with E-state index in [0.717, 1.165) is 17.0 Å². The van der Waals surface area contributed by atoms with E-state index in [1.807, 2.05) is 38.2 Å². The second-order valence-corrected chi connectivity index (χ2v) is 5.64. The fraction of sp³-hybridized carbons (Fsp3) is 0.222. The number of aryl methyl sites for hydroxylation is 2. The molecule has 0 aliphatic heterocycles. The maximum Gasteiger partial charge on any atom is 0.273 e. The van der Waals surface area contributed by atoms with Crippen molar-refractivity contribution in [3.05, 3.63) is 77.6 Å². The van der Waals surface area contributed by atoms with Gasteiger partial charge >= 0.3 is 0 Å². The summed E-state index contributed by atoms with van der Waals surface area (Å²) in [5.74, 6) is -0.113. The van der Waals surface area contributed by atoms with Crippen LogP contribution in [0.15, 0.2) is 55.0 Å². The molecule has 0 unspecified atom stereocenters. The summed E-state index contributed by atoms with van der Waals surface area (Å²) >= 11 is 0. The molecule has 0 aromatic carbocycles. The number of rotatable bonds is 5. The van der Waals surface area contributed by atoms with Gasteiger partial charge in [-0.15, -0.1) is 0 Å². The van der Waals surface area contributed by atoms with Crippen molar-refractivity contribution in [2.24, 2.45) is 7.05 Å². The van der Waals surface area contributed by atoms with Crippen molar-refractivity contribution in [1.82, 2.24) is 24.6 Å². The van der Waals surface area contributed by atoms with Crippen LogP contribution < -0.4 is 0 Å².